The van der Waals surface area contributed by atoms with E-state index in [0.717, 1.165) is 5.56 Å². The van der Waals surface area contributed by atoms with Gasteiger partial charge in [0.15, 0.2) is 0 Å². The minimum absolute atomic E-state index is 0.0541. The maximum Gasteiger partial charge on any atom is 0.148 e. The highest BCUT2D eigenvalue weighted by Gasteiger charge is 2.12. The van der Waals surface area contributed by atoms with E-state index in [1.54, 1.807) is 6.92 Å². The van der Waals surface area contributed by atoms with E-state index < -0.39 is 15.9 Å². The second-order valence-electron chi connectivity index (χ2n) is 5.18. The molecule has 0 aliphatic rings. The molecule has 0 saturated carbocycles. The molecule has 0 radical (unpaired) electrons. The van der Waals surface area contributed by atoms with Crippen molar-refractivity contribution in [1.29, 1.82) is 0 Å². The van der Waals surface area contributed by atoms with Crippen molar-refractivity contribution in [2.45, 2.75) is 26.0 Å². The highest BCUT2D eigenvalue weighted by atomic mass is 32.2. The monoisotopic (exact) mass is 301 g/mol. The van der Waals surface area contributed by atoms with Gasteiger partial charge in [0.05, 0.1) is 5.75 Å². The van der Waals surface area contributed by atoms with E-state index in [1.807, 2.05) is 31.2 Å². The lowest BCUT2D eigenvalue weighted by molar-refractivity contribution is 0.105. The van der Waals surface area contributed by atoms with Gasteiger partial charge >= 0.3 is 0 Å². The summed E-state index contributed by atoms with van der Waals surface area (Å²) in [5, 5.41) is 12.8. The van der Waals surface area contributed by atoms with Crippen molar-refractivity contribution in [1.82, 2.24) is 5.32 Å². The molecule has 1 aromatic rings. The molecule has 1 rings (SSSR count). The number of aliphatic hydroxyl groups excluding tert-OH is 1. The van der Waals surface area contributed by atoms with Gasteiger partial charge in [0.1, 0.15) is 28.3 Å². The van der Waals surface area contributed by atoms with Crippen LogP contribution in [0.1, 0.15) is 12.5 Å². The van der Waals surface area contributed by atoms with Crippen molar-refractivity contribution in [2.75, 3.05) is 25.2 Å². The molecule has 0 saturated heterocycles. The fourth-order valence-electron chi connectivity index (χ4n) is 1.74. The first-order chi connectivity index (χ1) is 9.26. The molecule has 0 amide bonds. The molecule has 0 aliphatic carbocycles. The van der Waals surface area contributed by atoms with Crippen LogP contribution in [0.3, 0.4) is 0 Å². The lowest BCUT2D eigenvalue weighted by Crippen LogP contribution is -2.39. The van der Waals surface area contributed by atoms with Crippen LogP contribution in [0.25, 0.3) is 0 Å². The molecule has 20 heavy (non-hydrogen) atoms. The molecule has 1 aromatic carbocycles. The number of rotatable bonds is 8. The van der Waals surface area contributed by atoms with Crippen LogP contribution < -0.4 is 10.1 Å². The Bertz CT molecular complexity index is 498. The molecule has 0 fully saturated rings. The molecule has 0 bridgehead atoms. The van der Waals surface area contributed by atoms with Crippen LogP contribution in [0.4, 0.5) is 0 Å². The number of sulfone groups is 1. The van der Waals surface area contributed by atoms with Gasteiger partial charge in [-0.15, -0.1) is 0 Å². The van der Waals surface area contributed by atoms with Crippen LogP contribution in [0, 0.1) is 6.92 Å². The smallest absolute Gasteiger partial charge is 0.148 e. The van der Waals surface area contributed by atoms with Crippen LogP contribution in [-0.4, -0.2) is 50.8 Å². The summed E-state index contributed by atoms with van der Waals surface area (Å²) in [6.45, 7) is 4.23. The number of nitrogens with one attached hydrogen (secondary N) is 1. The summed E-state index contributed by atoms with van der Waals surface area (Å²) >= 11 is 0. The molecule has 0 aliphatic heterocycles. The Morgan fingerprint density at radius 1 is 1.30 bits per heavy atom. The van der Waals surface area contributed by atoms with Crippen LogP contribution in [-0.2, 0) is 9.84 Å². The highest BCUT2D eigenvalue weighted by molar-refractivity contribution is 7.90. The number of hydrogen-bond donors (Lipinski definition) is 2. The predicted octanol–water partition coefficient (Wildman–Crippen LogP) is 0.757. The summed E-state index contributed by atoms with van der Waals surface area (Å²) in [5.74, 6) is 0.761. The molecule has 0 spiro atoms. The Morgan fingerprint density at radius 3 is 2.45 bits per heavy atom. The molecule has 2 N–H and O–H groups in total. The van der Waals surface area contributed by atoms with E-state index in [4.69, 9.17) is 4.74 Å². The molecular formula is C14H23NO4S. The van der Waals surface area contributed by atoms with Crippen molar-refractivity contribution in [2.24, 2.45) is 0 Å². The zero-order valence-electron chi connectivity index (χ0n) is 12.2. The molecule has 2 unspecified atom stereocenters. The zero-order chi connectivity index (χ0) is 15.2. The second kappa shape index (κ2) is 7.61. The Morgan fingerprint density at radius 2 is 1.90 bits per heavy atom. The van der Waals surface area contributed by atoms with E-state index in [0.29, 0.717) is 12.3 Å². The predicted molar refractivity (Wildman–Crippen MR) is 79.9 cm³/mol. The first kappa shape index (κ1) is 16.9. The Kier molecular flexibility index (Phi) is 6.45. The maximum atomic E-state index is 11.1. The third-order valence-electron chi connectivity index (χ3n) is 2.72. The Balaban J connectivity index is 2.26. The first-order valence-corrected chi connectivity index (χ1v) is 8.61. The van der Waals surface area contributed by atoms with E-state index in [-0.39, 0.29) is 18.4 Å². The minimum Gasteiger partial charge on any atom is -0.491 e. The molecular weight excluding hydrogens is 278 g/mol. The fraction of sp³-hybridized carbons (Fsp3) is 0.571. The standard InChI is InChI=1S/C14H23NO4S/c1-11-4-6-14(7-5-11)19-9-13(16)8-15-12(2)10-20(3,17)18/h4-7,12-13,15-16H,8-10H2,1-3H3. The normalized spacial score (nSPS) is 14.8. The second-order valence-corrected chi connectivity index (χ2v) is 7.36. The molecule has 2 atom stereocenters. The average Bonchev–Trinajstić information content (AvgIpc) is 2.33. The SMILES string of the molecule is Cc1ccc(OCC(O)CNC(C)CS(C)(=O)=O)cc1. The van der Waals surface area contributed by atoms with Crippen molar-refractivity contribution in [3.05, 3.63) is 29.8 Å². The summed E-state index contributed by atoms with van der Waals surface area (Å²) in [6.07, 6.45) is 0.514. The van der Waals surface area contributed by atoms with Gasteiger partial charge in [-0.25, -0.2) is 8.42 Å². The molecule has 0 aromatic heterocycles. The van der Waals surface area contributed by atoms with Crippen molar-refractivity contribution in [3.8, 4) is 5.75 Å². The van der Waals surface area contributed by atoms with Gasteiger partial charge in [-0.1, -0.05) is 17.7 Å². The molecule has 0 heterocycles. The number of aryl methyl sites for hydroxylation is 1. The van der Waals surface area contributed by atoms with E-state index in [9.17, 15) is 13.5 Å². The largest absolute Gasteiger partial charge is 0.491 e. The lowest BCUT2D eigenvalue weighted by atomic mass is 10.2. The number of aliphatic hydroxyl groups is 1. The summed E-state index contributed by atoms with van der Waals surface area (Å²) in [5.41, 5.74) is 1.15. The first-order valence-electron chi connectivity index (χ1n) is 6.55. The van der Waals surface area contributed by atoms with Gasteiger partial charge in [-0.05, 0) is 26.0 Å². The van der Waals surface area contributed by atoms with Crippen LogP contribution >= 0.6 is 0 Å². The number of benzene rings is 1. The third kappa shape index (κ3) is 7.47. The molecule has 6 heteroatoms. The van der Waals surface area contributed by atoms with Crippen LogP contribution in [0.15, 0.2) is 24.3 Å². The van der Waals surface area contributed by atoms with Gasteiger partial charge in [-0.3, -0.25) is 0 Å². The minimum atomic E-state index is -3.01. The molecule has 114 valence electrons. The van der Waals surface area contributed by atoms with Gasteiger partial charge in [0, 0.05) is 18.8 Å². The van der Waals surface area contributed by atoms with Gasteiger partial charge < -0.3 is 15.2 Å². The Hall–Kier alpha value is -1.11. The third-order valence-corrected chi connectivity index (χ3v) is 3.82. The van der Waals surface area contributed by atoms with E-state index in [1.165, 1.54) is 6.26 Å². The van der Waals surface area contributed by atoms with Crippen LogP contribution in [0.2, 0.25) is 0 Å². The Labute approximate surface area is 120 Å². The van der Waals surface area contributed by atoms with Crippen molar-refractivity contribution < 1.29 is 18.3 Å². The van der Waals surface area contributed by atoms with Gasteiger partial charge in [0.25, 0.3) is 0 Å². The highest BCUT2D eigenvalue weighted by Crippen LogP contribution is 2.11. The average molecular weight is 301 g/mol. The van der Waals surface area contributed by atoms with Gasteiger partial charge in [-0.2, -0.15) is 0 Å². The van der Waals surface area contributed by atoms with E-state index >= 15 is 0 Å². The zero-order valence-corrected chi connectivity index (χ0v) is 13.0. The number of ether oxygens (including phenoxy) is 1. The summed E-state index contributed by atoms with van der Waals surface area (Å²) in [7, 11) is -3.01. The van der Waals surface area contributed by atoms with Gasteiger partial charge in [0.2, 0.25) is 0 Å². The summed E-state index contributed by atoms with van der Waals surface area (Å²) in [6, 6.07) is 7.38. The van der Waals surface area contributed by atoms with Crippen LogP contribution in [0.5, 0.6) is 5.75 Å². The topological polar surface area (TPSA) is 75.6 Å². The quantitative estimate of drug-likeness (QED) is 0.741. The van der Waals surface area contributed by atoms with Crippen molar-refractivity contribution in [3.63, 3.8) is 0 Å². The molecule has 5 nitrogen and oxygen atoms in total. The maximum absolute atomic E-state index is 11.1. The fourth-order valence-corrected chi connectivity index (χ4v) is 2.76. The number of hydrogen-bond acceptors (Lipinski definition) is 5. The summed E-state index contributed by atoms with van der Waals surface area (Å²) in [4.78, 5) is 0. The van der Waals surface area contributed by atoms with Crippen molar-refractivity contribution >= 4 is 9.84 Å². The van der Waals surface area contributed by atoms with E-state index in [2.05, 4.69) is 5.32 Å². The summed E-state index contributed by atoms with van der Waals surface area (Å²) < 4.78 is 27.6. The lowest BCUT2D eigenvalue weighted by Gasteiger charge is -2.17.